The predicted octanol–water partition coefficient (Wildman–Crippen LogP) is 4.02. The maximum Gasteiger partial charge on any atom is 0.0207 e. The van der Waals surface area contributed by atoms with Crippen LogP contribution < -0.4 is 5.32 Å². The standard InChI is InChI=1S/C14H22BrN/c1-14(2,3)13(16-4)10-9-11-7-5-6-8-12(11)15/h5-8,13,16H,9-10H2,1-4H3. The van der Waals surface area contributed by atoms with Gasteiger partial charge < -0.3 is 5.32 Å². The van der Waals surface area contributed by atoms with Crippen LogP contribution in [-0.4, -0.2) is 13.1 Å². The summed E-state index contributed by atoms with van der Waals surface area (Å²) in [6, 6.07) is 9.03. The summed E-state index contributed by atoms with van der Waals surface area (Å²) in [5.41, 5.74) is 1.71. The zero-order valence-corrected chi connectivity index (χ0v) is 12.3. The third kappa shape index (κ3) is 3.91. The lowest BCUT2D eigenvalue weighted by Crippen LogP contribution is -2.38. The van der Waals surface area contributed by atoms with E-state index in [2.05, 4.69) is 73.3 Å². The Kier molecular flexibility index (Phi) is 5.00. The minimum atomic E-state index is 0.315. The lowest BCUT2D eigenvalue weighted by Gasteiger charge is -2.30. The van der Waals surface area contributed by atoms with Crippen LogP contribution in [0, 0.1) is 5.41 Å². The van der Waals surface area contributed by atoms with E-state index in [9.17, 15) is 0 Å². The van der Waals surface area contributed by atoms with E-state index in [1.54, 1.807) is 0 Å². The van der Waals surface area contributed by atoms with E-state index in [4.69, 9.17) is 0 Å². The Morgan fingerprint density at radius 2 is 1.88 bits per heavy atom. The van der Waals surface area contributed by atoms with Crippen LogP contribution in [0.2, 0.25) is 0 Å². The van der Waals surface area contributed by atoms with Gasteiger partial charge in [-0.05, 0) is 36.9 Å². The quantitative estimate of drug-likeness (QED) is 0.880. The van der Waals surface area contributed by atoms with Gasteiger partial charge in [-0.3, -0.25) is 0 Å². The molecule has 0 fully saturated rings. The summed E-state index contributed by atoms with van der Waals surface area (Å²) in [6.45, 7) is 6.86. The third-order valence-electron chi connectivity index (χ3n) is 3.05. The smallest absolute Gasteiger partial charge is 0.0207 e. The molecule has 1 unspecified atom stereocenters. The number of hydrogen-bond donors (Lipinski definition) is 1. The van der Waals surface area contributed by atoms with Gasteiger partial charge in [-0.25, -0.2) is 0 Å². The zero-order valence-electron chi connectivity index (χ0n) is 10.7. The third-order valence-corrected chi connectivity index (χ3v) is 3.83. The SMILES string of the molecule is CNC(CCc1ccccc1Br)C(C)(C)C. The number of halogens is 1. The Morgan fingerprint density at radius 3 is 2.38 bits per heavy atom. The van der Waals surface area contributed by atoms with Crippen molar-refractivity contribution < 1.29 is 0 Å². The van der Waals surface area contributed by atoms with Gasteiger partial charge in [0.25, 0.3) is 0 Å². The molecule has 0 saturated heterocycles. The van der Waals surface area contributed by atoms with E-state index in [0.717, 1.165) is 6.42 Å². The maximum atomic E-state index is 3.60. The molecule has 0 aliphatic carbocycles. The van der Waals surface area contributed by atoms with Crippen LogP contribution in [0.15, 0.2) is 28.7 Å². The molecule has 0 aromatic heterocycles. The molecule has 1 aromatic rings. The Morgan fingerprint density at radius 1 is 1.25 bits per heavy atom. The van der Waals surface area contributed by atoms with Crippen molar-refractivity contribution in [1.82, 2.24) is 5.32 Å². The van der Waals surface area contributed by atoms with Crippen LogP contribution >= 0.6 is 15.9 Å². The van der Waals surface area contributed by atoms with E-state index in [0.29, 0.717) is 11.5 Å². The van der Waals surface area contributed by atoms with E-state index >= 15 is 0 Å². The molecule has 1 aromatic carbocycles. The van der Waals surface area contributed by atoms with Gasteiger partial charge in [-0.1, -0.05) is 54.9 Å². The van der Waals surface area contributed by atoms with Crippen molar-refractivity contribution in [3.8, 4) is 0 Å². The van der Waals surface area contributed by atoms with E-state index in [1.165, 1.54) is 16.5 Å². The maximum absolute atomic E-state index is 3.60. The monoisotopic (exact) mass is 283 g/mol. The van der Waals surface area contributed by atoms with Crippen LogP contribution in [0.25, 0.3) is 0 Å². The molecular weight excluding hydrogens is 262 g/mol. The normalized spacial score (nSPS) is 13.8. The molecule has 0 spiro atoms. The Hall–Kier alpha value is -0.340. The van der Waals surface area contributed by atoms with Crippen molar-refractivity contribution >= 4 is 15.9 Å². The highest BCUT2D eigenvalue weighted by molar-refractivity contribution is 9.10. The molecule has 0 saturated carbocycles. The molecule has 1 atom stereocenters. The average molecular weight is 284 g/mol. The first-order chi connectivity index (χ1) is 7.45. The second-order valence-corrected chi connectivity index (χ2v) is 6.19. The fourth-order valence-electron chi connectivity index (χ4n) is 2.01. The first kappa shape index (κ1) is 13.7. The van der Waals surface area contributed by atoms with Gasteiger partial charge in [-0.2, -0.15) is 0 Å². The van der Waals surface area contributed by atoms with Gasteiger partial charge in [-0.15, -0.1) is 0 Å². The Labute approximate surface area is 108 Å². The van der Waals surface area contributed by atoms with E-state index < -0.39 is 0 Å². The predicted molar refractivity (Wildman–Crippen MR) is 74.8 cm³/mol. The van der Waals surface area contributed by atoms with Crippen LogP contribution in [0.3, 0.4) is 0 Å². The molecule has 1 nitrogen and oxygen atoms in total. The molecule has 1 N–H and O–H groups in total. The first-order valence-corrected chi connectivity index (χ1v) is 6.65. The summed E-state index contributed by atoms with van der Waals surface area (Å²) in [7, 11) is 2.05. The minimum Gasteiger partial charge on any atom is -0.316 e. The summed E-state index contributed by atoms with van der Waals surface area (Å²) in [5, 5.41) is 3.42. The van der Waals surface area contributed by atoms with Crippen molar-refractivity contribution in [2.45, 2.75) is 39.7 Å². The lowest BCUT2D eigenvalue weighted by atomic mass is 9.83. The highest BCUT2D eigenvalue weighted by Crippen LogP contribution is 2.24. The van der Waals surface area contributed by atoms with Crippen molar-refractivity contribution in [2.75, 3.05) is 7.05 Å². The zero-order chi connectivity index (χ0) is 12.2. The molecular formula is C14H22BrN. The summed E-state index contributed by atoms with van der Waals surface area (Å²) >= 11 is 3.60. The largest absolute Gasteiger partial charge is 0.316 e. The molecule has 0 bridgehead atoms. The van der Waals surface area contributed by atoms with Crippen molar-refractivity contribution in [3.63, 3.8) is 0 Å². The number of hydrogen-bond acceptors (Lipinski definition) is 1. The van der Waals surface area contributed by atoms with Gasteiger partial charge >= 0.3 is 0 Å². The second-order valence-electron chi connectivity index (χ2n) is 5.34. The number of aryl methyl sites for hydroxylation is 1. The number of nitrogens with one attached hydrogen (secondary N) is 1. The summed E-state index contributed by atoms with van der Waals surface area (Å²) in [6.07, 6.45) is 2.28. The Balaban J connectivity index is 2.60. The molecule has 0 aliphatic heterocycles. The van der Waals surface area contributed by atoms with Crippen LogP contribution in [0.4, 0.5) is 0 Å². The summed E-state index contributed by atoms with van der Waals surface area (Å²) in [5.74, 6) is 0. The molecule has 1 rings (SSSR count). The van der Waals surface area contributed by atoms with Crippen molar-refractivity contribution in [3.05, 3.63) is 34.3 Å². The molecule has 90 valence electrons. The molecule has 16 heavy (non-hydrogen) atoms. The second kappa shape index (κ2) is 5.83. The number of benzene rings is 1. The van der Waals surface area contributed by atoms with Gasteiger partial charge in [0.05, 0.1) is 0 Å². The van der Waals surface area contributed by atoms with E-state index in [-0.39, 0.29) is 0 Å². The van der Waals surface area contributed by atoms with Crippen LogP contribution in [0.1, 0.15) is 32.8 Å². The van der Waals surface area contributed by atoms with Gasteiger partial charge in [0.15, 0.2) is 0 Å². The Bertz CT molecular complexity index is 328. The molecule has 0 aliphatic rings. The van der Waals surface area contributed by atoms with E-state index in [1.807, 2.05) is 0 Å². The van der Waals surface area contributed by atoms with Gasteiger partial charge in [0.1, 0.15) is 0 Å². The lowest BCUT2D eigenvalue weighted by molar-refractivity contribution is 0.268. The average Bonchev–Trinajstić information content (AvgIpc) is 2.19. The minimum absolute atomic E-state index is 0.315. The van der Waals surface area contributed by atoms with Crippen molar-refractivity contribution in [2.24, 2.45) is 5.41 Å². The fraction of sp³-hybridized carbons (Fsp3) is 0.571. The van der Waals surface area contributed by atoms with Gasteiger partial charge in [0.2, 0.25) is 0 Å². The first-order valence-electron chi connectivity index (χ1n) is 5.86. The summed E-state index contributed by atoms with van der Waals surface area (Å²) in [4.78, 5) is 0. The highest BCUT2D eigenvalue weighted by Gasteiger charge is 2.22. The summed E-state index contributed by atoms with van der Waals surface area (Å²) < 4.78 is 1.22. The topological polar surface area (TPSA) is 12.0 Å². The number of rotatable bonds is 4. The van der Waals surface area contributed by atoms with Crippen LogP contribution in [0.5, 0.6) is 0 Å². The molecule has 2 heteroatoms. The fourth-order valence-corrected chi connectivity index (χ4v) is 2.49. The molecule has 0 amide bonds. The van der Waals surface area contributed by atoms with Crippen LogP contribution in [-0.2, 0) is 6.42 Å². The molecule has 0 heterocycles. The molecule has 0 radical (unpaired) electrons. The van der Waals surface area contributed by atoms with Gasteiger partial charge in [0, 0.05) is 10.5 Å². The highest BCUT2D eigenvalue weighted by atomic mass is 79.9. The van der Waals surface area contributed by atoms with Crippen molar-refractivity contribution in [1.29, 1.82) is 0 Å².